The van der Waals surface area contributed by atoms with Gasteiger partial charge in [-0.15, -0.1) is 0 Å². The van der Waals surface area contributed by atoms with Crippen molar-refractivity contribution in [3.05, 3.63) is 60.2 Å². The maximum Gasteiger partial charge on any atom is 0.313 e. The molecular formula is C20H23FN4O2. The summed E-state index contributed by atoms with van der Waals surface area (Å²) in [7, 11) is 0. The molecule has 3 rings (SSSR count). The highest BCUT2D eigenvalue weighted by Crippen LogP contribution is 2.18. The Bertz CT molecular complexity index is 777. The van der Waals surface area contributed by atoms with E-state index in [0.717, 1.165) is 32.5 Å². The van der Waals surface area contributed by atoms with Crippen LogP contribution in [0.2, 0.25) is 0 Å². The summed E-state index contributed by atoms with van der Waals surface area (Å²) in [5, 5.41) is 4.95. The van der Waals surface area contributed by atoms with Gasteiger partial charge >= 0.3 is 11.8 Å². The predicted molar refractivity (Wildman–Crippen MR) is 100 cm³/mol. The fourth-order valence-electron chi connectivity index (χ4n) is 3.15. The van der Waals surface area contributed by atoms with Crippen molar-refractivity contribution >= 4 is 17.5 Å². The molecule has 1 aromatic carbocycles. The summed E-state index contributed by atoms with van der Waals surface area (Å²) in [6.45, 7) is 3.24. The van der Waals surface area contributed by atoms with E-state index in [2.05, 4.69) is 20.5 Å². The fourth-order valence-corrected chi connectivity index (χ4v) is 3.15. The molecule has 1 aliphatic rings. The number of pyridine rings is 1. The van der Waals surface area contributed by atoms with Crippen molar-refractivity contribution in [1.29, 1.82) is 0 Å². The number of likely N-dealkylation sites (tertiary alicyclic amines) is 1. The van der Waals surface area contributed by atoms with Crippen LogP contribution in [0.15, 0.2) is 48.8 Å². The highest BCUT2D eigenvalue weighted by Gasteiger charge is 2.21. The number of hydrogen-bond acceptors (Lipinski definition) is 4. The van der Waals surface area contributed by atoms with Crippen molar-refractivity contribution < 1.29 is 14.0 Å². The lowest BCUT2D eigenvalue weighted by atomic mass is 9.96. The minimum Gasteiger partial charge on any atom is -0.348 e. The Morgan fingerprint density at radius 1 is 1.07 bits per heavy atom. The lowest BCUT2D eigenvalue weighted by Gasteiger charge is -2.32. The zero-order valence-electron chi connectivity index (χ0n) is 15.0. The van der Waals surface area contributed by atoms with E-state index in [1.807, 2.05) is 12.1 Å². The van der Waals surface area contributed by atoms with Gasteiger partial charge in [-0.3, -0.25) is 19.5 Å². The molecule has 0 unspecified atom stereocenters. The topological polar surface area (TPSA) is 74.3 Å². The minimum absolute atomic E-state index is 0.00192. The predicted octanol–water partition coefficient (Wildman–Crippen LogP) is 2.19. The number of hydrogen-bond donors (Lipinski definition) is 2. The second-order valence-corrected chi connectivity index (χ2v) is 6.72. The van der Waals surface area contributed by atoms with Crippen molar-refractivity contribution in [2.24, 2.45) is 5.92 Å². The molecule has 1 aliphatic heterocycles. The number of carbonyl (C=O) groups is 2. The molecule has 7 heteroatoms. The van der Waals surface area contributed by atoms with E-state index in [4.69, 9.17) is 0 Å². The Labute approximate surface area is 157 Å². The van der Waals surface area contributed by atoms with Gasteiger partial charge in [-0.05, 0) is 61.7 Å². The number of nitrogens with zero attached hydrogens (tertiary/aromatic N) is 2. The molecule has 0 atom stereocenters. The van der Waals surface area contributed by atoms with Crippen LogP contribution in [-0.4, -0.2) is 41.3 Å². The number of carbonyl (C=O) groups excluding carboxylic acids is 2. The van der Waals surface area contributed by atoms with Crippen LogP contribution in [0.1, 0.15) is 18.4 Å². The zero-order valence-corrected chi connectivity index (χ0v) is 15.0. The molecule has 142 valence electrons. The summed E-state index contributed by atoms with van der Waals surface area (Å²) in [6.07, 6.45) is 5.51. The SMILES string of the molecule is O=C(NCC1CCN(Cc2ccncc2)CC1)C(=O)Nc1ccccc1F. The van der Waals surface area contributed by atoms with Crippen LogP contribution < -0.4 is 10.6 Å². The zero-order chi connectivity index (χ0) is 19.1. The molecule has 0 saturated carbocycles. The summed E-state index contributed by atoms with van der Waals surface area (Å²) < 4.78 is 13.5. The first-order valence-corrected chi connectivity index (χ1v) is 9.07. The van der Waals surface area contributed by atoms with Gasteiger partial charge in [-0.1, -0.05) is 12.1 Å². The van der Waals surface area contributed by atoms with Crippen LogP contribution in [-0.2, 0) is 16.1 Å². The van der Waals surface area contributed by atoms with E-state index >= 15 is 0 Å². The van der Waals surface area contributed by atoms with Crippen LogP contribution in [0.3, 0.4) is 0 Å². The second kappa shape index (κ2) is 9.23. The number of para-hydroxylation sites is 1. The third kappa shape index (κ3) is 5.59. The molecule has 27 heavy (non-hydrogen) atoms. The largest absolute Gasteiger partial charge is 0.348 e. The number of anilines is 1. The number of halogens is 1. The van der Waals surface area contributed by atoms with Crippen LogP contribution in [0.5, 0.6) is 0 Å². The molecule has 1 fully saturated rings. The first kappa shape index (κ1) is 19.0. The summed E-state index contributed by atoms with van der Waals surface area (Å²) in [5.74, 6) is -1.82. The Kier molecular flexibility index (Phi) is 6.49. The number of aromatic nitrogens is 1. The van der Waals surface area contributed by atoms with Gasteiger partial charge in [0.15, 0.2) is 0 Å². The monoisotopic (exact) mass is 370 g/mol. The van der Waals surface area contributed by atoms with Gasteiger partial charge in [-0.2, -0.15) is 0 Å². The van der Waals surface area contributed by atoms with E-state index in [9.17, 15) is 14.0 Å². The van der Waals surface area contributed by atoms with Crippen LogP contribution in [0, 0.1) is 11.7 Å². The molecule has 2 N–H and O–H groups in total. The van der Waals surface area contributed by atoms with Crippen LogP contribution in [0.25, 0.3) is 0 Å². The number of nitrogens with one attached hydrogen (secondary N) is 2. The van der Waals surface area contributed by atoms with E-state index in [-0.39, 0.29) is 5.69 Å². The molecule has 1 saturated heterocycles. The molecule has 1 aromatic heterocycles. The van der Waals surface area contributed by atoms with Crippen molar-refractivity contribution in [2.75, 3.05) is 25.0 Å². The van der Waals surface area contributed by atoms with Crippen molar-refractivity contribution in [1.82, 2.24) is 15.2 Å². The van der Waals surface area contributed by atoms with Gasteiger partial charge in [0, 0.05) is 25.5 Å². The average molecular weight is 370 g/mol. The molecular weight excluding hydrogens is 347 g/mol. The highest BCUT2D eigenvalue weighted by molar-refractivity contribution is 6.39. The molecule has 6 nitrogen and oxygen atoms in total. The van der Waals surface area contributed by atoms with Gasteiger partial charge < -0.3 is 10.6 Å². The maximum atomic E-state index is 13.5. The van der Waals surface area contributed by atoms with Gasteiger partial charge in [0.25, 0.3) is 0 Å². The molecule has 2 amide bonds. The summed E-state index contributed by atoms with van der Waals surface area (Å²) >= 11 is 0. The van der Waals surface area contributed by atoms with E-state index in [1.165, 1.54) is 23.8 Å². The highest BCUT2D eigenvalue weighted by atomic mass is 19.1. The third-order valence-corrected chi connectivity index (χ3v) is 4.74. The molecule has 0 aliphatic carbocycles. The third-order valence-electron chi connectivity index (χ3n) is 4.74. The van der Waals surface area contributed by atoms with Crippen molar-refractivity contribution in [3.63, 3.8) is 0 Å². The second-order valence-electron chi connectivity index (χ2n) is 6.72. The van der Waals surface area contributed by atoms with Crippen molar-refractivity contribution in [2.45, 2.75) is 19.4 Å². The van der Waals surface area contributed by atoms with Gasteiger partial charge in [0.1, 0.15) is 5.82 Å². The van der Waals surface area contributed by atoms with Crippen LogP contribution >= 0.6 is 0 Å². The maximum absolute atomic E-state index is 13.5. The number of piperidine rings is 1. The van der Waals surface area contributed by atoms with Gasteiger partial charge in [0.05, 0.1) is 5.69 Å². The Morgan fingerprint density at radius 2 is 1.78 bits per heavy atom. The van der Waals surface area contributed by atoms with Gasteiger partial charge in [0.2, 0.25) is 0 Å². The Morgan fingerprint density at radius 3 is 2.48 bits per heavy atom. The normalized spacial score (nSPS) is 15.3. The smallest absolute Gasteiger partial charge is 0.313 e. The van der Waals surface area contributed by atoms with Crippen LogP contribution in [0.4, 0.5) is 10.1 Å². The number of benzene rings is 1. The lowest BCUT2D eigenvalue weighted by Crippen LogP contribution is -2.41. The number of amides is 2. The molecule has 0 radical (unpaired) electrons. The Balaban J connectivity index is 1.38. The molecule has 2 aromatic rings. The number of rotatable bonds is 5. The first-order valence-electron chi connectivity index (χ1n) is 9.07. The summed E-state index contributed by atoms with van der Waals surface area (Å²) in [4.78, 5) is 30.2. The fraction of sp³-hybridized carbons (Fsp3) is 0.350. The molecule has 0 bridgehead atoms. The standard InChI is InChI=1S/C20H23FN4O2/c21-17-3-1-2-4-18(17)24-20(27)19(26)23-13-15-7-11-25(12-8-15)14-16-5-9-22-10-6-16/h1-6,9-10,15H,7-8,11-14H2,(H,23,26)(H,24,27). The molecule has 2 heterocycles. The summed E-state index contributed by atoms with van der Waals surface area (Å²) in [5.41, 5.74) is 1.24. The quantitative estimate of drug-likeness (QED) is 0.792. The van der Waals surface area contributed by atoms with E-state index in [1.54, 1.807) is 18.5 Å². The minimum atomic E-state index is -0.852. The van der Waals surface area contributed by atoms with E-state index in [0.29, 0.717) is 12.5 Å². The van der Waals surface area contributed by atoms with Gasteiger partial charge in [-0.25, -0.2) is 4.39 Å². The van der Waals surface area contributed by atoms with E-state index < -0.39 is 17.6 Å². The first-order chi connectivity index (χ1) is 13.1. The summed E-state index contributed by atoms with van der Waals surface area (Å²) in [6, 6.07) is 9.79. The van der Waals surface area contributed by atoms with Crippen molar-refractivity contribution in [3.8, 4) is 0 Å². The lowest BCUT2D eigenvalue weighted by molar-refractivity contribution is -0.136. The molecule has 0 spiro atoms. The Hall–Kier alpha value is -2.80. The average Bonchev–Trinajstić information content (AvgIpc) is 2.69.